The zero-order chi connectivity index (χ0) is 14.9. The second kappa shape index (κ2) is 5.55. The summed E-state index contributed by atoms with van der Waals surface area (Å²) < 4.78 is 14.2. The molecule has 0 saturated heterocycles. The van der Waals surface area contributed by atoms with Crippen molar-refractivity contribution in [3.8, 4) is 22.6 Å². The number of nitrogens with one attached hydrogen (secondary N) is 1. The van der Waals surface area contributed by atoms with Crippen LogP contribution < -0.4 is 13.6 Å². The SMILES string of the molecule is COc1ccc2cc(-c3cccc4c3OSNC4)ccc2c1. The van der Waals surface area contributed by atoms with Gasteiger partial charge in [-0.25, -0.2) is 4.72 Å². The molecule has 22 heavy (non-hydrogen) atoms. The second-order valence-electron chi connectivity index (χ2n) is 5.21. The lowest BCUT2D eigenvalue weighted by Gasteiger charge is -2.19. The molecule has 0 radical (unpaired) electrons. The van der Waals surface area contributed by atoms with Crippen molar-refractivity contribution in [2.24, 2.45) is 0 Å². The molecule has 0 aromatic heterocycles. The van der Waals surface area contributed by atoms with Gasteiger partial charge in [0.25, 0.3) is 0 Å². The van der Waals surface area contributed by atoms with Gasteiger partial charge in [-0.15, -0.1) is 0 Å². The van der Waals surface area contributed by atoms with Crippen LogP contribution in [0.15, 0.2) is 54.6 Å². The maximum atomic E-state index is 5.74. The highest BCUT2D eigenvalue weighted by Crippen LogP contribution is 2.38. The molecule has 0 unspecified atom stereocenters. The predicted molar refractivity (Wildman–Crippen MR) is 91.0 cm³/mol. The summed E-state index contributed by atoms with van der Waals surface area (Å²) in [6, 6.07) is 18.9. The first-order chi connectivity index (χ1) is 10.8. The van der Waals surface area contributed by atoms with E-state index in [2.05, 4.69) is 53.3 Å². The molecule has 0 spiro atoms. The molecule has 3 aromatic rings. The maximum absolute atomic E-state index is 5.74. The van der Waals surface area contributed by atoms with Crippen molar-refractivity contribution >= 4 is 23.0 Å². The highest BCUT2D eigenvalue weighted by molar-refractivity contribution is 7.93. The van der Waals surface area contributed by atoms with Crippen LogP contribution in [0.2, 0.25) is 0 Å². The molecule has 3 aromatic carbocycles. The third kappa shape index (κ3) is 2.30. The van der Waals surface area contributed by atoms with E-state index in [1.807, 2.05) is 6.07 Å². The fourth-order valence-corrected chi connectivity index (χ4v) is 3.30. The first kappa shape index (κ1) is 13.5. The van der Waals surface area contributed by atoms with E-state index in [1.165, 1.54) is 28.6 Å². The standard InChI is InChI=1S/C18H15NO2S/c1-20-16-8-7-12-9-14(6-5-13(12)10-16)17-4-2-3-15-11-19-22-21-18(15)17/h2-10,19H,11H2,1H3. The Labute approximate surface area is 133 Å². The minimum atomic E-state index is 0.818. The molecule has 0 fully saturated rings. The Balaban J connectivity index is 1.84. The quantitative estimate of drug-likeness (QED) is 0.555. The molecule has 1 N–H and O–H groups in total. The molecule has 0 aliphatic carbocycles. The van der Waals surface area contributed by atoms with E-state index in [0.29, 0.717) is 0 Å². The van der Waals surface area contributed by atoms with Gasteiger partial charge in [0.05, 0.1) is 7.11 Å². The number of methoxy groups -OCH3 is 1. The topological polar surface area (TPSA) is 30.5 Å². The van der Waals surface area contributed by atoms with Crippen LogP contribution in [0.25, 0.3) is 21.9 Å². The van der Waals surface area contributed by atoms with Crippen LogP contribution in [0.4, 0.5) is 0 Å². The van der Waals surface area contributed by atoms with E-state index in [-0.39, 0.29) is 0 Å². The predicted octanol–water partition coefficient (Wildman–Crippen LogP) is 4.56. The Morgan fingerprint density at radius 3 is 2.82 bits per heavy atom. The summed E-state index contributed by atoms with van der Waals surface area (Å²) in [5.74, 6) is 1.84. The van der Waals surface area contributed by atoms with Crippen molar-refractivity contribution in [2.45, 2.75) is 6.54 Å². The fourth-order valence-electron chi connectivity index (χ4n) is 2.75. The number of hydrogen-bond acceptors (Lipinski definition) is 4. The summed E-state index contributed by atoms with van der Waals surface area (Å²) in [6.45, 7) is 0.818. The van der Waals surface area contributed by atoms with Crippen LogP contribution in [0, 0.1) is 0 Å². The molecule has 0 saturated carbocycles. The van der Waals surface area contributed by atoms with Crippen molar-refractivity contribution in [1.82, 2.24) is 4.72 Å². The Morgan fingerprint density at radius 2 is 1.91 bits per heavy atom. The Bertz CT molecular complexity index is 848. The van der Waals surface area contributed by atoms with Crippen LogP contribution in [0.1, 0.15) is 5.56 Å². The van der Waals surface area contributed by atoms with Crippen LogP contribution in [-0.4, -0.2) is 7.11 Å². The number of ether oxygens (including phenoxy) is 1. The summed E-state index contributed by atoms with van der Waals surface area (Å²) in [4.78, 5) is 0. The minimum absolute atomic E-state index is 0.818. The monoisotopic (exact) mass is 309 g/mol. The van der Waals surface area contributed by atoms with E-state index >= 15 is 0 Å². The van der Waals surface area contributed by atoms with Crippen molar-refractivity contribution in [1.29, 1.82) is 0 Å². The molecule has 1 aliphatic rings. The molecule has 1 aliphatic heterocycles. The Hall–Kier alpha value is -2.17. The van der Waals surface area contributed by atoms with Crippen molar-refractivity contribution in [2.75, 3.05) is 7.11 Å². The van der Waals surface area contributed by atoms with Crippen LogP contribution in [0.5, 0.6) is 11.5 Å². The van der Waals surface area contributed by atoms with Crippen LogP contribution in [-0.2, 0) is 6.54 Å². The van der Waals surface area contributed by atoms with Gasteiger partial charge in [-0.2, -0.15) is 0 Å². The summed E-state index contributed by atoms with van der Waals surface area (Å²) in [7, 11) is 1.69. The molecule has 110 valence electrons. The second-order valence-corrected chi connectivity index (χ2v) is 5.83. The molecule has 0 atom stereocenters. The largest absolute Gasteiger partial charge is 0.497 e. The van der Waals surface area contributed by atoms with E-state index in [1.54, 1.807) is 7.11 Å². The molecule has 0 bridgehead atoms. The van der Waals surface area contributed by atoms with Gasteiger partial charge in [-0.3, -0.25) is 0 Å². The molecule has 0 amide bonds. The van der Waals surface area contributed by atoms with E-state index in [4.69, 9.17) is 8.92 Å². The first-order valence-electron chi connectivity index (χ1n) is 7.11. The number of hydrogen-bond donors (Lipinski definition) is 1. The normalized spacial score (nSPS) is 13.5. The molecule has 1 heterocycles. The van der Waals surface area contributed by atoms with E-state index < -0.39 is 0 Å². The van der Waals surface area contributed by atoms with Gasteiger partial charge >= 0.3 is 0 Å². The average molecular weight is 309 g/mol. The fraction of sp³-hybridized carbons (Fsp3) is 0.111. The van der Waals surface area contributed by atoms with Gasteiger partial charge in [0.15, 0.2) is 5.75 Å². The summed E-state index contributed by atoms with van der Waals surface area (Å²) in [6.07, 6.45) is 0. The molecular weight excluding hydrogens is 294 g/mol. The van der Waals surface area contributed by atoms with Gasteiger partial charge < -0.3 is 8.92 Å². The summed E-state index contributed by atoms with van der Waals surface area (Å²) >= 11 is 1.29. The zero-order valence-electron chi connectivity index (χ0n) is 12.1. The molecular formula is C18H15NO2S. The first-order valence-corrected chi connectivity index (χ1v) is 7.86. The zero-order valence-corrected chi connectivity index (χ0v) is 12.9. The van der Waals surface area contributed by atoms with Gasteiger partial charge in [-0.05, 0) is 34.5 Å². The Morgan fingerprint density at radius 1 is 1.05 bits per heavy atom. The van der Waals surface area contributed by atoms with Crippen molar-refractivity contribution in [3.05, 3.63) is 60.2 Å². The number of rotatable bonds is 2. The van der Waals surface area contributed by atoms with Crippen LogP contribution in [0.3, 0.4) is 0 Å². The van der Waals surface area contributed by atoms with Crippen molar-refractivity contribution in [3.63, 3.8) is 0 Å². The number of benzene rings is 3. The summed E-state index contributed by atoms with van der Waals surface area (Å²) in [5.41, 5.74) is 3.48. The highest BCUT2D eigenvalue weighted by atomic mass is 32.2. The third-order valence-corrected chi connectivity index (χ3v) is 4.41. The lowest BCUT2D eigenvalue weighted by Crippen LogP contribution is -2.12. The summed E-state index contributed by atoms with van der Waals surface area (Å²) in [5, 5.41) is 2.36. The minimum Gasteiger partial charge on any atom is -0.497 e. The third-order valence-electron chi connectivity index (χ3n) is 3.90. The molecule has 4 heteroatoms. The van der Waals surface area contributed by atoms with Gasteiger partial charge in [-0.1, -0.05) is 36.4 Å². The van der Waals surface area contributed by atoms with Crippen molar-refractivity contribution < 1.29 is 8.92 Å². The van der Waals surface area contributed by atoms with Gasteiger partial charge in [0.2, 0.25) is 0 Å². The smallest absolute Gasteiger partial charge is 0.151 e. The lowest BCUT2D eigenvalue weighted by atomic mass is 9.98. The molecule has 3 nitrogen and oxygen atoms in total. The number of fused-ring (bicyclic) bond motifs is 2. The van der Waals surface area contributed by atoms with Crippen LogP contribution >= 0.6 is 12.2 Å². The lowest BCUT2D eigenvalue weighted by molar-refractivity contribution is 0.415. The number of para-hydroxylation sites is 1. The van der Waals surface area contributed by atoms with E-state index in [0.717, 1.165) is 29.2 Å². The molecule has 4 rings (SSSR count). The Kier molecular flexibility index (Phi) is 3.41. The highest BCUT2D eigenvalue weighted by Gasteiger charge is 2.16. The van der Waals surface area contributed by atoms with Gasteiger partial charge in [0.1, 0.15) is 18.0 Å². The average Bonchev–Trinajstić information content (AvgIpc) is 2.60. The van der Waals surface area contributed by atoms with Gasteiger partial charge in [0, 0.05) is 17.7 Å². The maximum Gasteiger partial charge on any atom is 0.151 e. The van der Waals surface area contributed by atoms with E-state index in [9.17, 15) is 0 Å².